The van der Waals surface area contributed by atoms with Gasteiger partial charge in [-0.15, -0.1) is 0 Å². The first-order chi connectivity index (χ1) is 12.1. The number of rotatable bonds is 6. The van der Waals surface area contributed by atoms with Gasteiger partial charge in [0.1, 0.15) is 6.61 Å². The second-order valence-electron chi connectivity index (χ2n) is 8.65. The quantitative estimate of drug-likeness (QED) is 0.696. The van der Waals surface area contributed by atoms with Gasteiger partial charge in [-0.2, -0.15) is 0 Å². The molecule has 3 heteroatoms. The molecule has 142 valence electrons. The van der Waals surface area contributed by atoms with E-state index in [4.69, 9.17) is 4.74 Å². The summed E-state index contributed by atoms with van der Waals surface area (Å²) in [7, 11) is 0. The maximum absolute atomic E-state index is 11.3. The van der Waals surface area contributed by atoms with Crippen LogP contribution in [-0.2, 0) is 9.53 Å². The first-order valence-corrected chi connectivity index (χ1v) is 10.7. The molecule has 0 amide bonds. The van der Waals surface area contributed by atoms with Crippen LogP contribution in [0.3, 0.4) is 0 Å². The Morgan fingerprint density at radius 3 is 1.92 bits per heavy atom. The second-order valence-corrected chi connectivity index (χ2v) is 8.65. The largest absolute Gasteiger partial charge is 0.458 e. The number of aliphatic hydroxyl groups is 1. The van der Waals surface area contributed by atoms with Crippen LogP contribution in [-0.4, -0.2) is 23.8 Å². The monoisotopic (exact) mass is 348 g/mol. The van der Waals surface area contributed by atoms with Gasteiger partial charge in [0.25, 0.3) is 0 Å². The fourth-order valence-electron chi connectivity index (χ4n) is 6.04. The Hall–Kier alpha value is -0.830. The minimum Gasteiger partial charge on any atom is -0.458 e. The van der Waals surface area contributed by atoms with Crippen LogP contribution < -0.4 is 0 Å². The standard InChI is InChI=1S/C22H36O3/c1-3-20(21(4-2)17-9-11-19(23)12-10-17)16-7-5-15(6-8-16)18-13-22(24)25-14-18/h13,15-17,19-21,23H,3-12,14H2,1-2H3/t15?,16?,17?,19?,20-,21-/m1/s1. The van der Waals surface area contributed by atoms with Crippen LogP contribution in [0, 0.1) is 29.6 Å². The van der Waals surface area contributed by atoms with E-state index in [9.17, 15) is 9.90 Å². The third-order valence-electron chi connectivity index (χ3n) is 7.43. The Kier molecular flexibility index (Phi) is 6.60. The highest BCUT2D eigenvalue weighted by Crippen LogP contribution is 2.46. The number of ether oxygens (including phenoxy) is 1. The summed E-state index contributed by atoms with van der Waals surface area (Å²) in [6.07, 6.45) is 13.8. The van der Waals surface area contributed by atoms with Crippen molar-refractivity contribution in [1.82, 2.24) is 0 Å². The second kappa shape index (κ2) is 8.70. The molecule has 2 fully saturated rings. The molecule has 0 aromatic rings. The molecule has 0 unspecified atom stereocenters. The lowest BCUT2D eigenvalue weighted by molar-refractivity contribution is -0.135. The van der Waals surface area contributed by atoms with Gasteiger partial charge in [-0.05, 0) is 86.5 Å². The van der Waals surface area contributed by atoms with Crippen molar-refractivity contribution < 1.29 is 14.6 Å². The van der Waals surface area contributed by atoms with Crippen molar-refractivity contribution in [3.8, 4) is 0 Å². The van der Waals surface area contributed by atoms with E-state index in [-0.39, 0.29) is 12.1 Å². The van der Waals surface area contributed by atoms with Gasteiger partial charge in [-0.3, -0.25) is 0 Å². The summed E-state index contributed by atoms with van der Waals surface area (Å²) in [4.78, 5) is 11.3. The third kappa shape index (κ3) is 4.48. The van der Waals surface area contributed by atoms with Crippen molar-refractivity contribution in [3.63, 3.8) is 0 Å². The van der Waals surface area contributed by atoms with Gasteiger partial charge in [0, 0.05) is 6.08 Å². The molecule has 0 aromatic carbocycles. The zero-order valence-electron chi connectivity index (χ0n) is 16.1. The molecule has 0 saturated heterocycles. The van der Waals surface area contributed by atoms with E-state index in [1.807, 2.05) is 0 Å². The van der Waals surface area contributed by atoms with Crippen LogP contribution >= 0.6 is 0 Å². The summed E-state index contributed by atoms with van der Waals surface area (Å²) in [6, 6.07) is 0. The molecular weight excluding hydrogens is 312 g/mol. The zero-order chi connectivity index (χ0) is 17.8. The maximum atomic E-state index is 11.3. The minimum absolute atomic E-state index is 0.0473. The predicted molar refractivity (Wildman–Crippen MR) is 100 cm³/mol. The Morgan fingerprint density at radius 1 is 0.960 bits per heavy atom. The summed E-state index contributed by atoms with van der Waals surface area (Å²) in [5.74, 6) is 3.76. The van der Waals surface area contributed by atoms with Crippen molar-refractivity contribution in [1.29, 1.82) is 0 Å². The Bertz CT molecular complexity index is 468. The van der Waals surface area contributed by atoms with Gasteiger partial charge in [0.05, 0.1) is 6.10 Å². The van der Waals surface area contributed by atoms with E-state index in [0.29, 0.717) is 12.5 Å². The van der Waals surface area contributed by atoms with Crippen molar-refractivity contribution in [2.45, 2.75) is 84.2 Å². The van der Waals surface area contributed by atoms with Crippen molar-refractivity contribution in [3.05, 3.63) is 11.6 Å². The van der Waals surface area contributed by atoms with E-state index in [1.165, 1.54) is 56.9 Å². The molecule has 2 saturated carbocycles. The van der Waals surface area contributed by atoms with Crippen LogP contribution in [0.2, 0.25) is 0 Å². The number of aliphatic hydroxyl groups excluding tert-OH is 1. The van der Waals surface area contributed by atoms with Crippen LogP contribution in [0.1, 0.15) is 78.1 Å². The topological polar surface area (TPSA) is 46.5 Å². The van der Waals surface area contributed by atoms with Crippen LogP contribution in [0.5, 0.6) is 0 Å². The Morgan fingerprint density at radius 2 is 1.48 bits per heavy atom. The summed E-state index contributed by atoms with van der Waals surface area (Å²) < 4.78 is 5.11. The van der Waals surface area contributed by atoms with E-state index in [1.54, 1.807) is 6.08 Å². The molecule has 3 aliphatic rings. The number of hydrogen-bond acceptors (Lipinski definition) is 3. The number of esters is 1. The SMILES string of the molecule is CC[C@H](C1CCC(O)CC1)[C@H](CC)C1CCC(C2=CC(=O)OC2)CC1. The summed E-state index contributed by atoms with van der Waals surface area (Å²) in [5, 5.41) is 9.84. The molecular formula is C22H36O3. The van der Waals surface area contributed by atoms with E-state index < -0.39 is 0 Å². The minimum atomic E-state index is -0.144. The number of hydrogen-bond donors (Lipinski definition) is 1. The highest BCUT2D eigenvalue weighted by atomic mass is 16.5. The normalized spacial score (nSPS) is 35.8. The molecule has 3 rings (SSSR count). The Balaban J connectivity index is 1.57. The van der Waals surface area contributed by atoms with Gasteiger partial charge in [-0.1, -0.05) is 26.7 Å². The zero-order valence-corrected chi connectivity index (χ0v) is 16.1. The highest BCUT2D eigenvalue weighted by Gasteiger charge is 2.37. The molecule has 1 heterocycles. The van der Waals surface area contributed by atoms with Gasteiger partial charge < -0.3 is 9.84 Å². The lowest BCUT2D eigenvalue weighted by Gasteiger charge is -2.42. The van der Waals surface area contributed by atoms with Crippen LogP contribution in [0.15, 0.2) is 11.6 Å². The molecule has 2 atom stereocenters. The van der Waals surface area contributed by atoms with Gasteiger partial charge >= 0.3 is 5.97 Å². The van der Waals surface area contributed by atoms with Gasteiger partial charge in [0.2, 0.25) is 0 Å². The molecule has 0 radical (unpaired) electrons. The molecule has 3 nitrogen and oxygen atoms in total. The number of carbonyl (C=O) groups is 1. The average Bonchev–Trinajstić information content (AvgIpc) is 3.07. The third-order valence-corrected chi connectivity index (χ3v) is 7.43. The molecule has 0 aromatic heterocycles. The van der Waals surface area contributed by atoms with Crippen LogP contribution in [0.25, 0.3) is 0 Å². The molecule has 0 spiro atoms. The molecule has 1 N–H and O–H groups in total. The predicted octanol–water partition coefficient (Wildman–Crippen LogP) is 4.88. The summed E-state index contributed by atoms with van der Waals surface area (Å²) in [5.41, 5.74) is 1.24. The summed E-state index contributed by atoms with van der Waals surface area (Å²) >= 11 is 0. The van der Waals surface area contributed by atoms with Crippen LogP contribution in [0.4, 0.5) is 0 Å². The van der Waals surface area contributed by atoms with Crippen molar-refractivity contribution in [2.75, 3.05) is 6.61 Å². The smallest absolute Gasteiger partial charge is 0.331 e. The number of cyclic esters (lactones) is 1. The lowest BCUT2D eigenvalue weighted by Crippen LogP contribution is -2.34. The van der Waals surface area contributed by atoms with Crippen molar-refractivity contribution in [2.24, 2.45) is 29.6 Å². The highest BCUT2D eigenvalue weighted by molar-refractivity contribution is 5.85. The Labute approximate surface area is 153 Å². The molecule has 25 heavy (non-hydrogen) atoms. The van der Waals surface area contributed by atoms with E-state index in [0.717, 1.165) is 36.5 Å². The molecule has 0 bridgehead atoms. The first kappa shape index (κ1) is 18.9. The lowest BCUT2D eigenvalue weighted by atomic mass is 9.64. The maximum Gasteiger partial charge on any atom is 0.331 e. The van der Waals surface area contributed by atoms with Crippen molar-refractivity contribution >= 4 is 5.97 Å². The summed E-state index contributed by atoms with van der Waals surface area (Å²) in [6.45, 7) is 5.28. The first-order valence-electron chi connectivity index (χ1n) is 10.7. The number of carbonyl (C=O) groups excluding carboxylic acids is 1. The van der Waals surface area contributed by atoms with Gasteiger partial charge in [-0.25, -0.2) is 4.79 Å². The van der Waals surface area contributed by atoms with E-state index in [2.05, 4.69) is 13.8 Å². The average molecular weight is 349 g/mol. The fourth-order valence-corrected chi connectivity index (χ4v) is 6.04. The molecule has 1 aliphatic heterocycles. The van der Waals surface area contributed by atoms with Gasteiger partial charge in [0.15, 0.2) is 0 Å². The van der Waals surface area contributed by atoms with E-state index >= 15 is 0 Å². The molecule has 2 aliphatic carbocycles. The fraction of sp³-hybridized carbons (Fsp3) is 0.864.